The van der Waals surface area contributed by atoms with Crippen LogP contribution < -0.4 is 5.32 Å². The summed E-state index contributed by atoms with van der Waals surface area (Å²) in [7, 11) is 0. The number of hydrogen-bond acceptors (Lipinski definition) is 5. The summed E-state index contributed by atoms with van der Waals surface area (Å²) < 4.78 is 41.5. The molecule has 2 heterocycles. The highest BCUT2D eigenvalue weighted by molar-refractivity contribution is 6.33. The fourth-order valence-electron chi connectivity index (χ4n) is 2.78. The van der Waals surface area contributed by atoms with Crippen LogP contribution in [0.1, 0.15) is 23.4 Å². The quantitative estimate of drug-likeness (QED) is 0.443. The predicted octanol–water partition coefficient (Wildman–Crippen LogP) is 3.71. The molecule has 0 aliphatic heterocycles. The molecule has 0 aliphatic rings. The van der Waals surface area contributed by atoms with E-state index < -0.39 is 41.0 Å². The first-order chi connectivity index (χ1) is 14.2. The minimum Gasteiger partial charge on any atom is -0.306 e. The Morgan fingerprint density at radius 1 is 1.37 bits per heavy atom. The van der Waals surface area contributed by atoms with E-state index in [1.807, 2.05) is 0 Å². The number of alkyl halides is 2. The molecule has 1 amide bonds. The molecule has 0 saturated heterocycles. The van der Waals surface area contributed by atoms with Crippen LogP contribution in [0.25, 0.3) is 0 Å². The van der Waals surface area contributed by atoms with Gasteiger partial charge in [-0.05, 0) is 24.6 Å². The first-order valence-electron chi connectivity index (χ1n) is 8.42. The molecule has 0 saturated carbocycles. The summed E-state index contributed by atoms with van der Waals surface area (Å²) in [6.07, 6.45) is -1.75. The number of hydrogen-bond donors (Lipinski definition) is 1. The molecule has 0 spiro atoms. The Morgan fingerprint density at radius 2 is 2.10 bits per heavy atom. The lowest BCUT2D eigenvalue weighted by atomic mass is 10.2. The van der Waals surface area contributed by atoms with Crippen molar-refractivity contribution in [3.63, 3.8) is 0 Å². The number of carbonyl (C=O) groups excluding carboxylic acids is 1. The van der Waals surface area contributed by atoms with Crippen molar-refractivity contribution in [2.75, 3.05) is 5.32 Å². The van der Waals surface area contributed by atoms with Crippen LogP contribution in [0.5, 0.6) is 0 Å². The number of halogens is 4. The molecule has 0 unspecified atom stereocenters. The van der Waals surface area contributed by atoms with Gasteiger partial charge < -0.3 is 5.32 Å². The van der Waals surface area contributed by atoms with Crippen molar-refractivity contribution in [1.82, 2.24) is 19.6 Å². The highest BCUT2D eigenvalue weighted by Crippen LogP contribution is 2.30. The Labute approximate surface area is 172 Å². The van der Waals surface area contributed by atoms with Crippen LogP contribution in [0, 0.1) is 22.9 Å². The number of carbonyl (C=O) groups is 1. The summed E-state index contributed by atoms with van der Waals surface area (Å²) in [6.45, 7) is 0.840. The second kappa shape index (κ2) is 8.53. The molecule has 1 aromatic carbocycles. The van der Waals surface area contributed by atoms with E-state index >= 15 is 0 Å². The third-order valence-electron chi connectivity index (χ3n) is 4.09. The normalized spacial score (nSPS) is 11.1. The first-order valence-corrected chi connectivity index (χ1v) is 8.80. The predicted molar refractivity (Wildman–Crippen MR) is 99.9 cm³/mol. The fourth-order valence-corrected chi connectivity index (χ4v) is 2.98. The Hall–Kier alpha value is -3.41. The zero-order valence-corrected chi connectivity index (χ0v) is 16.1. The molecular formula is C17H14ClF3N6O3. The molecule has 0 radical (unpaired) electrons. The average molecular weight is 443 g/mol. The minimum atomic E-state index is -3.17. The molecule has 9 nitrogen and oxygen atoms in total. The van der Waals surface area contributed by atoms with Gasteiger partial charge in [0.2, 0.25) is 11.6 Å². The van der Waals surface area contributed by atoms with Gasteiger partial charge in [0.25, 0.3) is 6.43 Å². The van der Waals surface area contributed by atoms with E-state index in [1.54, 1.807) is 6.07 Å². The molecule has 0 atom stereocenters. The maximum Gasteiger partial charge on any atom is 0.319 e. The summed E-state index contributed by atoms with van der Waals surface area (Å²) in [5.41, 5.74) is -1.42. The number of nitro groups is 1. The van der Waals surface area contributed by atoms with Crippen LogP contribution in [0.4, 0.5) is 24.7 Å². The number of benzene rings is 1. The van der Waals surface area contributed by atoms with Crippen molar-refractivity contribution in [2.45, 2.75) is 26.4 Å². The van der Waals surface area contributed by atoms with Gasteiger partial charge in [-0.2, -0.15) is 10.2 Å². The molecular weight excluding hydrogens is 429 g/mol. The zero-order chi connectivity index (χ0) is 22.0. The Morgan fingerprint density at radius 3 is 2.70 bits per heavy atom. The number of rotatable bonds is 7. The maximum absolute atomic E-state index is 13.3. The monoisotopic (exact) mass is 442 g/mol. The molecule has 13 heteroatoms. The summed E-state index contributed by atoms with van der Waals surface area (Å²) in [5, 5.41) is 21.1. The number of nitrogens with zero attached hydrogens (tertiary/aromatic N) is 5. The lowest BCUT2D eigenvalue weighted by molar-refractivity contribution is -0.386. The third-order valence-corrected chi connectivity index (χ3v) is 4.37. The highest BCUT2D eigenvalue weighted by Gasteiger charge is 2.31. The molecule has 3 rings (SSSR count). The van der Waals surface area contributed by atoms with Crippen molar-refractivity contribution in [3.05, 3.63) is 68.4 Å². The molecule has 0 fully saturated rings. The molecule has 0 bridgehead atoms. The van der Waals surface area contributed by atoms with E-state index in [2.05, 4.69) is 15.5 Å². The topological polar surface area (TPSA) is 108 Å². The Kier molecular flexibility index (Phi) is 6.06. The molecule has 30 heavy (non-hydrogen) atoms. The van der Waals surface area contributed by atoms with Crippen molar-refractivity contribution >= 4 is 29.0 Å². The van der Waals surface area contributed by atoms with Gasteiger partial charge in [-0.15, -0.1) is 0 Å². The molecule has 0 aliphatic carbocycles. The largest absolute Gasteiger partial charge is 0.319 e. The highest BCUT2D eigenvalue weighted by atomic mass is 35.5. The number of amides is 1. The smallest absolute Gasteiger partial charge is 0.306 e. The summed E-state index contributed by atoms with van der Waals surface area (Å²) in [5.74, 6) is -1.15. The van der Waals surface area contributed by atoms with Gasteiger partial charge in [-0.1, -0.05) is 23.7 Å². The molecule has 3 aromatic rings. The number of nitrogens with one attached hydrogen (secondary N) is 1. The minimum absolute atomic E-state index is 0.00791. The first kappa shape index (κ1) is 21.3. The SMILES string of the molecule is Cc1c([N+](=O)[O-])c(C(F)F)nn1CC(=O)Nc1nn(Cc2cccc(F)c2)cc1Cl. The van der Waals surface area contributed by atoms with E-state index in [-0.39, 0.29) is 23.1 Å². The third kappa shape index (κ3) is 4.59. The van der Waals surface area contributed by atoms with Gasteiger partial charge in [0, 0.05) is 6.20 Å². The standard InChI is InChI=1S/C17H14ClF3N6O3/c1-9-15(27(29)30)14(16(20)21)23-26(9)8-13(28)22-17-12(18)7-25(24-17)6-10-3-2-4-11(19)5-10/h2-5,7,16H,6,8H2,1H3,(H,22,24,28). The van der Waals surface area contributed by atoms with Crippen LogP contribution in [-0.4, -0.2) is 30.4 Å². The molecule has 158 valence electrons. The van der Waals surface area contributed by atoms with Gasteiger partial charge in [0.05, 0.1) is 11.5 Å². The van der Waals surface area contributed by atoms with Crippen molar-refractivity contribution in [2.24, 2.45) is 0 Å². The van der Waals surface area contributed by atoms with Gasteiger partial charge in [-0.3, -0.25) is 24.3 Å². The Bertz CT molecular complexity index is 1110. The lowest BCUT2D eigenvalue weighted by Gasteiger charge is -2.05. The fraction of sp³-hybridized carbons (Fsp3) is 0.235. The van der Waals surface area contributed by atoms with Crippen LogP contribution in [0.3, 0.4) is 0 Å². The molecule has 2 aromatic heterocycles. The molecule has 1 N–H and O–H groups in total. The van der Waals surface area contributed by atoms with Gasteiger partial charge in [0.1, 0.15) is 23.1 Å². The van der Waals surface area contributed by atoms with Crippen LogP contribution in [-0.2, 0) is 17.9 Å². The van der Waals surface area contributed by atoms with E-state index in [4.69, 9.17) is 11.6 Å². The average Bonchev–Trinajstić information content (AvgIpc) is 3.15. The van der Waals surface area contributed by atoms with Crippen LogP contribution >= 0.6 is 11.6 Å². The van der Waals surface area contributed by atoms with Crippen LogP contribution in [0.2, 0.25) is 5.02 Å². The van der Waals surface area contributed by atoms with Crippen molar-refractivity contribution in [3.8, 4) is 0 Å². The summed E-state index contributed by atoms with van der Waals surface area (Å²) in [6, 6.07) is 5.84. The number of anilines is 1. The second-order valence-corrected chi connectivity index (χ2v) is 6.64. The van der Waals surface area contributed by atoms with Crippen molar-refractivity contribution < 1.29 is 22.9 Å². The van der Waals surface area contributed by atoms with E-state index in [1.165, 1.54) is 36.0 Å². The maximum atomic E-state index is 13.3. The number of aromatic nitrogens is 4. The summed E-state index contributed by atoms with van der Waals surface area (Å²) >= 11 is 6.05. The van der Waals surface area contributed by atoms with Crippen LogP contribution in [0.15, 0.2) is 30.5 Å². The lowest BCUT2D eigenvalue weighted by Crippen LogP contribution is -2.21. The van der Waals surface area contributed by atoms with Gasteiger partial charge >= 0.3 is 5.69 Å². The Balaban J connectivity index is 1.73. The van der Waals surface area contributed by atoms with Gasteiger partial charge in [0.15, 0.2) is 5.82 Å². The summed E-state index contributed by atoms with van der Waals surface area (Å²) in [4.78, 5) is 22.3. The van der Waals surface area contributed by atoms with Crippen molar-refractivity contribution in [1.29, 1.82) is 0 Å². The zero-order valence-electron chi connectivity index (χ0n) is 15.4. The van der Waals surface area contributed by atoms with E-state index in [0.717, 1.165) is 4.68 Å². The van der Waals surface area contributed by atoms with E-state index in [9.17, 15) is 28.1 Å². The second-order valence-electron chi connectivity index (χ2n) is 6.24. The van der Waals surface area contributed by atoms with E-state index in [0.29, 0.717) is 5.56 Å². The van der Waals surface area contributed by atoms with Gasteiger partial charge in [-0.25, -0.2) is 13.2 Å².